The highest BCUT2D eigenvalue weighted by atomic mass is 32.2. The van der Waals surface area contributed by atoms with Crippen molar-refractivity contribution in [1.82, 2.24) is 0 Å². The molecule has 156 valence electrons. The number of unbranched alkanes of at least 4 members (excludes halogenated alkanes) is 4. The number of hydrogen-bond acceptors (Lipinski definition) is 5. The molecule has 0 aliphatic heterocycles. The first-order valence-electron chi connectivity index (χ1n) is 9.07. The molecule has 1 rings (SSSR count). The molecule has 0 radical (unpaired) electrons. The standard InChI is InChI=1S/C17H30NO6PS2/c19-26(20,21)14-8-2-6-12-25(13-7-3-9-15-27(22,23)24)16-18-17-10-4-1-5-11-17/h1,4-5,10-11,18H,2-3,6-9,12-16H2,(H,19,20,21)(H,22,23,24). The highest BCUT2D eigenvalue weighted by Crippen LogP contribution is 2.38. The van der Waals surface area contributed by atoms with Crippen molar-refractivity contribution in [3.05, 3.63) is 30.3 Å². The Hall–Kier alpha value is -0.730. The molecule has 1 aromatic rings. The topological polar surface area (TPSA) is 121 Å². The Morgan fingerprint density at radius 2 is 1.22 bits per heavy atom. The van der Waals surface area contributed by atoms with Crippen LogP contribution in [-0.2, 0) is 20.2 Å². The zero-order valence-electron chi connectivity index (χ0n) is 15.5. The molecule has 0 bridgehead atoms. The second kappa shape index (κ2) is 12.7. The lowest BCUT2D eigenvalue weighted by atomic mass is 10.3. The second-order valence-electron chi connectivity index (χ2n) is 6.51. The lowest BCUT2D eigenvalue weighted by Gasteiger charge is -2.19. The Kier molecular flexibility index (Phi) is 11.4. The number of nitrogens with one attached hydrogen (secondary N) is 1. The van der Waals surface area contributed by atoms with E-state index in [-0.39, 0.29) is 19.4 Å². The van der Waals surface area contributed by atoms with E-state index in [2.05, 4.69) is 5.32 Å². The van der Waals surface area contributed by atoms with Crippen LogP contribution in [0, 0.1) is 0 Å². The third-order valence-electron chi connectivity index (χ3n) is 4.03. The van der Waals surface area contributed by atoms with Crippen molar-refractivity contribution in [3.8, 4) is 0 Å². The van der Waals surface area contributed by atoms with Crippen LogP contribution in [0.5, 0.6) is 0 Å². The summed E-state index contributed by atoms with van der Waals surface area (Å²) >= 11 is 0. The van der Waals surface area contributed by atoms with Gasteiger partial charge in [-0.15, -0.1) is 0 Å². The average Bonchev–Trinajstić information content (AvgIpc) is 2.57. The van der Waals surface area contributed by atoms with Gasteiger partial charge in [-0.25, -0.2) is 0 Å². The van der Waals surface area contributed by atoms with E-state index in [4.69, 9.17) is 9.11 Å². The van der Waals surface area contributed by atoms with Crippen molar-refractivity contribution in [2.75, 3.05) is 35.4 Å². The van der Waals surface area contributed by atoms with Gasteiger partial charge in [-0.3, -0.25) is 9.11 Å². The third-order valence-corrected chi connectivity index (χ3v) is 8.15. The fourth-order valence-corrected chi connectivity index (χ4v) is 6.05. The van der Waals surface area contributed by atoms with Crippen molar-refractivity contribution in [1.29, 1.82) is 0 Å². The van der Waals surface area contributed by atoms with E-state index in [0.717, 1.165) is 50.0 Å². The summed E-state index contributed by atoms with van der Waals surface area (Å²) in [6, 6.07) is 9.90. The van der Waals surface area contributed by atoms with Gasteiger partial charge in [0.05, 0.1) is 11.5 Å². The van der Waals surface area contributed by atoms with Crippen LogP contribution in [0.15, 0.2) is 30.3 Å². The molecule has 27 heavy (non-hydrogen) atoms. The predicted octanol–water partition coefficient (Wildman–Crippen LogP) is 3.65. The van der Waals surface area contributed by atoms with Crippen LogP contribution in [0.25, 0.3) is 0 Å². The Balaban J connectivity index is 2.35. The summed E-state index contributed by atoms with van der Waals surface area (Å²) < 4.78 is 60.5. The maximum absolute atomic E-state index is 10.8. The minimum atomic E-state index is -3.88. The van der Waals surface area contributed by atoms with Crippen LogP contribution in [-0.4, -0.2) is 56.1 Å². The Morgan fingerprint density at radius 1 is 0.741 bits per heavy atom. The number of anilines is 1. The van der Waals surface area contributed by atoms with Gasteiger partial charge in [-0.1, -0.05) is 39.0 Å². The lowest BCUT2D eigenvalue weighted by molar-refractivity contribution is 0.478. The SMILES string of the molecule is O=S(=O)(O)CCCCCP(CCCCCS(=O)(=O)O)CNc1ccccc1. The molecular weight excluding hydrogens is 409 g/mol. The monoisotopic (exact) mass is 439 g/mol. The van der Waals surface area contributed by atoms with E-state index < -0.39 is 20.2 Å². The minimum absolute atomic E-state index is 0.192. The predicted molar refractivity (Wildman–Crippen MR) is 112 cm³/mol. The maximum Gasteiger partial charge on any atom is 0.264 e. The first-order chi connectivity index (χ1) is 12.7. The highest BCUT2D eigenvalue weighted by molar-refractivity contribution is 7.86. The molecule has 0 amide bonds. The molecule has 0 aliphatic carbocycles. The van der Waals surface area contributed by atoms with Gasteiger partial charge in [0.25, 0.3) is 20.2 Å². The van der Waals surface area contributed by atoms with Gasteiger partial charge in [-0.05, 0) is 50.1 Å². The minimum Gasteiger partial charge on any atom is -0.381 e. The van der Waals surface area contributed by atoms with Gasteiger partial charge in [0.15, 0.2) is 0 Å². The Morgan fingerprint density at radius 3 is 1.67 bits per heavy atom. The van der Waals surface area contributed by atoms with E-state index in [9.17, 15) is 16.8 Å². The fourth-order valence-electron chi connectivity index (χ4n) is 2.62. The van der Waals surface area contributed by atoms with Gasteiger partial charge in [0.2, 0.25) is 0 Å². The maximum atomic E-state index is 10.8. The molecule has 0 heterocycles. The van der Waals surface area contributed by atoms with Crippen LogP contribution in [0.3, 0.4) is 0 Å². The molecule has 0 aliphatic rings. The van der Waals surface area contributed by atoms with Gasteiger partial charge >= 0.3 is 0 Å². The van der Waals surface area contributed by atoms with Crippen molar-refractivity contribution < 1.29 is 25.9 Å². The molecule has 0 aromatic heterocycles. The third kappa shape index (κ3) is 14.9. The van der Waals surface area contributed by atoms with Gasteiger partial charge < -0.3 is 5.32 Å². The van der Waals surface area contributed by atoms with Crippen molar-refractivity contribution >= 4 is 33.8 Å². The number of rotatable bonds is 15. The summed E-state index contributed by atoms with van der Waals surface area (Å²) in [5.74, 6) is -0.383. The van der Waals surface area contributed by atoms with Crippen LogP contribution in [0.4, 0.5) is 5.69 Å². The van der Waals surface area contributed by atoms with Crippen molar-refractivity contribution in [2.45, 2.75) is 38.5 Å². The summed E-state index contributed by atoms with van der Waals surface area (Å²) in [6.07, 6.45) is 7.10. The van der Waals surface area contributed by atoms with Gasteiger partial charge in [0, 0.05) is 12.0 Å². The molecular formula is C17H30NO6PS2. The van der Waals surface area contributed by atoms with E-state index in [1.54, 1.807) is 0 Å². The van der Waals surface area contributed by atoms with Crippen molar-refractivity contribution in [2.24, 2.45) is 0 Å². The summed E-state index contributed by atoms with van der Waals surface area (Å²) in [7, 11) is -8.07. The Labute approximate surface area is 164 Å². The average molecular weight is 440 g/mol. The lowest BCUT2D eigenvalue weighted by Crippen LogP contribution is -2.07. The largest absolute Gasteiger partial charge is 0.381 e. The summed E-state index contributed by atoms with van der Waals surface area (Å²) in [6.45, 7) is 0. The van der Waals surface area contributed by atoms with E-state index in [1.807, 2.05) is 30.3 Å². The quantitative estimate of drug-likeness (QED) is 0.217. The van der Waals surface area contributed by atoms with Crippen LogP contribution in [0.1, 0.15) is 38.5 Å². The summed E-state index contributed by atoms with van der Waals surface area (Å²) in [5, 5.41) is 3.43. The molecule has 1 aromatic carbocycles. The number of benzene rings is 1. The molecule has 0 fully saturated rings. The molecule has 0 unspecified atom stereocenters. The first kappa shape index (κ1) is 24.3. The normalized spacial score (nSPS) is 12.4. The molecule has 0 atom stereocenters. The smallest absolute Gasteiger partial charge is 0.264 e. The van der Waals surface area contributed by atoms with Crippen molar-refractivity contribution in [3.63, 3.8) is 0 Å². The highest BCUT2D eigenvalue weighted by Gasteiger charge is 2.10. The second-order valence-corrected chi connectivity index (χ2v) is 12.2. The summed E-state index contributed by atoms with van der Waals surface area (Å²) in [4.78, 5) is 0. The fraction of sp³-hybridized carbons (Fsp3) is 0.647. The molecule has 0 saturated carbocycles. The first-order valence-corrected chi connectivity index (χ1v) is 14.2. The molecule has 0 saturated heterocycles. The number of para-hydroxylation sites is 1. The zero-order valence-corrected chi connectivity index (χ0v) is 18.0. The van der Waals surface area contributed by atoms with Gasteiger partial charge in [-0.2, -0.15) is 16.8 Å². The van der Waals surface area contributed by atoms with E-state index in [0.29, 0.717) is 12.8 Å². The molecule has 7 nitrogen and oxygen atoms in total. The molecule has 0 spiro atoms. The van der Waals surface area contributed by atoms with Crippen LogP contribution >= 0.6 is 7.92 Å². The van der Waals surface area contributed by atoms with Crippen LogP contribution in [0.2, 0.25) is 0 Å². The molecule has 10 heteroatoms. The van der Waals surface area contributed by atoms with Gasteiger partial charge in [0.1, 0.15) is 0 Å². The number of hydrogen-bond donors (Lipinski definition) is 3. The molecule has 3 N–H and O–H groups in total. The van der Waals surface area contributed by atoms with Crippen LogP contribution < -0.4 is 5.32 Å². The zero-order chi connectivity index (χ0) is 20.2. The Bertz CT molecular complexity index is 683. The van der Waals surface area contributed by atoms with E-state index in [1.165, 1.54) is 0 Å². The van der Waals surface area contributed by atoms with E-state index >= 15 is 0 Å². The summed E-state index contributed by atoms with van der Waals surface area (Å²) in [5.41, 5.74) is 1.06.